The van der Waals surface area contributed by atoms with Crippen LogP contribution in [0, 0.1) is 17.8 Å². The number of piperidine rings is 1. The van der Waals surface area contributed by atoms with Gasteiger partial charge in [-0.3, -0.25) is 0 Å². The predicted octanol–water partition coefficient (Wildman–Crippen LogP) is 0.335. The molecule has 0 aromatic heterocycles. The lowest BCUT2D eigenvalue weighted by Gasteiger charge is -2.44. The van der Waals surface area contributed by atoms with E-state index in [4.69, 9.17) is 4.74 Å². The van der Waals surface area contributed by atoms with Crippen LogP contribution in [0.15, 0.2) is 0 Å². The number of hydrogen-bond acceptors (Lipinski definition) is 3. The molecule has 1 N–H and O–H groups in total. The summed E-state index contributed by atoms with van der Waals surface area (Å²) >= 11 is 0. The Bertz CT molecular complexity index is 203. The van der Waals surface area contributed by atoms with Crippen LogP contribution in [0.25, 0.3) is 0 Å². The maximum Gasteiger partial charge on any atom is 0.0665 e. The second-order valence-corrected chi connectivity index (χ2v) is 5.21. The molecule has 3 fully saturated rings. The van der Waals surface area contributed by atoms with Crippen molar-refractivity contribution in [3.05, 3.63) is 0 Å². The molecule has 14 heavy (non-hydrogen) atoms. The lowest BCUT2D eigenvalue weighted by molar-refractivity contribution is -0.124. The molecule has 3 nitrogen and oxygen atoms in total. The number of fused-ring (bicyclic) bond motifs is 2. The summed E-state index contributed by atoms with van der Waals surface area (Å²) in [6.07, 6.45) is 2.75. The first-order valence-corrected chi connectivity index (χ1v) is 5.81. The van der Waals surface area contributed by atoms with Crippen molar-refractivity contribution in [1.82, 2.24) is 4.90 Å². The topological polar surface area (TPSA) is 32.7 Å². The van der Waals surface area contributed by atoms with Crippen molar-refractivity contribution >= 4 is 0 Å². The second-order valence-electron chi connectivity index (χ2n) is 5.21. The number of rotatable bonds is 2. The van der Waals surface area contributed by atoms with Crippen LogP contribution < -0.4 is 0 Å². The van der Waals surface area contributed by atoms with Crippen molar-refractivity contribution in [1.29, 1.82) is 0 Å². The number of aliphatic hydroxyl groups excluding tert-OH is 1. The number of ether oxygens (including phenoxy) is 1. The fourth-order valence-corrected chi connectivity index (χ4v) is 2.83. The largest absolute Gasteiger partial charge is 0.392 e. The van der Waals surface area contributed by atoms with Crippen molar-refractivity contribution in [2.24, 2.45) is 17.8 Å². The lowest BCUT2D eigenvalue weighted by Crippen LogP contribution is -2.55. The third kappa shape index (κ3) is 1.69. The maximum absolute atomic E-state index is 9.95. The molecule has 2 atom stereocenters. The first-order valence-electron chi connectivity index (χ1n) is 5.81. The molecule has 0 spiro atoms. The van der Waals surface area contributed by atoms with E-state index in [9.17, 15) is 5.11 Å². The summed E-state index contributed by atoms with van der Waals surface area (Å²) in [5.74, 6) is 1.72. The Balaban J connectivity index is 1.62. The molecule has 2 bridgehead atoms. The van der Waals surface area contributed by atoms with E-state index in [1.807, 2.05) is 0 Å². The molecule has 2 aliphatic heterocycles. The van der Waals surface area contributed by atoms with Gasteiger partial charge in [-0.15, -0.1) is 0 Å². The molecule has 1 aliphatic carbocycles. The Morgan fingerprint density at radius 3 is 2.36 bits per heavy atom. The molecule has 1 saturated carbocycles. The summed E-state index contributed by atoms with van der Waals surface area (Å²) in [7, 11) is 0. The van der Waals surface area contributed by atoms with Crippen molar-refractivity contribution < 1.29 is 9.84 Å². The Labute approximate surface area is 85.0 Å². The van der Waals surface area contributed by atoms with Crippen LogP contribution in [0.4, 0.5) is 0 Å². The Kier molecular flexibility index (Phi) is 2.26. The van der Waals surface area contributed by atoms with Gasteiger partial charge in [0.25, 0.3) is 0 Å². The van der Waals surface area contributed by atoms with Crippen LogP contribution in [0.3, 0.4) is 0 Å². The summed E-state index contributed by atoms with van der Waals surface area (Å²) in [5.41, 5.74) is 0. The molecule has 2 saturated heterocycles. The second kappa shape index (κ2) is 3.47. The van der Waals surface area contributed by atoms with Crippen molar-refractivity contribution in [2.45, 2.75) is 18.9 Å². The van der Waals surface area contributed by atoms with E-state index in [0.717, 1.165) is 32.2 Å². The molecule has 0 amide bonds. The molecule has 3 aliphatic rings. The molecule has 2 heterocycles. The molecule has 0 aromatic rings. The van der Waals surface area contributed by atoms with Crippen LogP contribution in [-0.4, -0.2) is 49.0 Å². The quantitative estimate of drug-likeness (QED) is 0.692. The number of hydrogen-bond donors (Lipinski definition) is 1. The first kappa shape index (κ1) is 9.13. The highest BCUT2D eigenvalue weighted by Gasteiger charge is 2.40. The Hall–Kier alpha value is -0.120. The molecule has 80 valence electrons. The number of nitrogens with zero attached hydrogens (tertiary/aromatic N) is 1. The van der Waals surface area contributed by atoms with E-state index >= 15 is 0 Å². The summed E-state index contributed by atoms with van der Waals surface area (Å²) in [4.78, 5) is 2.54. The van der Waals surface area contributed by atoms with Crippen molar-refractivity contribution in [3.63, 3.8) is 0 Å². The minimum Gasteiger partial charge on any atom is -0.392 e. The third-order valence-electron chi connectivity index (χ3n) is 3.83. The van der Waals surface area contributed by atoms with Gasteiger partial charge in [0.15, 0.2) is 0 Å². The highest BCUT2D eigenvalue weighted by molar-refractivity contribution is 4.91. The normalized spacial score (nSPS) is 43.9. The number of aliphatic hydroxyl groups is 1. The minimum atomic E-state index is -0.0980. The van der Waals surface area contributed by atoms with E-state index < -0.39 is 0 Å². The van der Waals surface area contributed by atoms with E-state index in [2.05, 4.69) is 4.90 Å². The predicted molar refractivity (Wildman–Crippen MR) is 53.0 cm³/mol. The van der Waals surface area contributed by atoms with Crippen molar-refractivity contribution in [2.75, 3.05) is 32.8 Å². The zero-order chi connectivity index (χ0) is 9.54. The van der Waals surface area contributed by atoms with Gasteiger partial charge in [-0.1, -0.05) is 0 Å². The zero-order valence-electron chi connectivity index (χ0n) is 8.56. The summed E-state index contributed by atoms with van der Waals surface area (Å²) in [6, 6.07) is 0. The van der Waals surface area contributed by atoms with E-state index in [1.54, 1.807) is 0 Å². The highest BCUT2D eigenvalue weighted by Crippen LogP contribution is 2.33. The monoisotopic (exact) mass is 197 g/mol. The number of likely N-dealkylation sites (tertiary alicyclic amines) is 1. The van der Waals surface area contributed by atoms with E-state index in [1.165, 1.54) is 19.4 Å². The molecule has 0 aromatic carbocycles. The van der Waals surface area contributed by atoms with Gasteiger partial charge >= 0.3 is 0 Å². The van der Waals surface area contributed by atoms with Gasteiger partial charge in [-0.05, 0) is 18.8 Å². The van der Waals surface area contributed by atoms with Gasteiger partial charge in [-0.25, -0.2) is 0 Å². The Morgan fingerprint density at radius 1 is 1.14 bits per heavy atom. The average molecular weight is 197 g/mol. The van der Waals surface area contributed by atoms with E-state index in [-0.39, 0.29) is 6.10 Å². The van der Waals surface area contributed by atoms with Gasteiger partial charge in [0, 0.05) is 31.5 Å². The minimum absolute atomic E-state index is 0.0980. The molecular weight excluding hydrogens is 178 g/mol. The fourth-order valence-electron chi connectivity index (χ4n) is 2.83. The smallest absolute Gasteiger partial charge is 0.0665 e. The average Bonchev–Trinajstić information content (AvgIpc) is 2.90. The maximum atomic E-state index is 9.95. The Morgan fingerprint density at radius 2 is 1.79 bits per heavy atom. The summed E-state index contributed by atoms with van der Waals surface area (Å²) in [5, 5.41) is 9.95. The van der Waals surface area contributed by atoms with Crippen LogP contribution in [0.5, 0.6) is 0 Å². The molecule has 3 heteroatoms. The van der Waals surface area contributed by atoms with E-state index in [0.29, 0.717) is 11.8 Å². The van der Waals surface area contributed by atoms with Crippen LogP contribution in [0.1, 0.15) is 12.8 Å². The van der Waals surface area contributed by atoms with Gasteiger partial charge in [0.1, 0.15) is 0 Å². The lowest BCUT2D eigenvalue weighted by atomic mass is 9.85. The highest BCUT2D eigenvalue weighted by atomic mass is 16.5. The standard InChI is InChI=1S/C11H19NO2/c13-11-9-4-12(3-8-1-2-8)5-10(11)7-14-6-9/h8-11,13H,1-7H2. The van der Waals surface area contributed by atoms with Crippen molar-refractivity contribution in [3.8, 4) is 0 Å². The van der Waals surface area contributed by atoms with Gasteiger partial charge in [-0.2, -0.15) is 0 Å². The zero-order valence-corrected chi connectivity index (χ0v) is 8.56. The van der Waals surface area contributed by atoms with Gasteiger partial charge < -0.3 is 14.7 Å². The summed E-state index contributed by atoms with van der Waals surface area (Å²) in [6.45, 7) is 4.89. The molecular formula is C11H19NO2. The summed E-state index contributed by atoms with van der Waals surface area (Å²) < 4.78 is 5.49. The van der Waals surface area contributed by atoms with Crippen LogP contribution in [0.2, 0.25) is 0 Å². The molecule has 0 radical (unpaired) electrons. The molecule has 3 rings (SSSR count). The SMILES string of the molecule is OC1C2COCC1CN(CC1CC1)C2. The van der Waals surface area contributed by atoms with Crippen LogP contribution in [-0.2, 0) is 4.74 Å². The third-order valence-corrected chi connectivity index (χ3v) is 3.83. The van der Waals surface area contributed by atoms with Crippen LogP contribution >= 0.6 is 0 Å². The fraction of sp³-hybridized carbons (Fsp3) is 1.00. The van der Waals surface area contributed by atoms with Gasteiger partial charge in [0.2, 0.25) is 0 Å². The first-order chi connectivity index (χ1) is 6.83. The molecule has 2 unspecified atom stereocenters. The van der Waals surface area contributed by atoms with Gasteiger partial charge in [0.05, 0.1) is 19.3 Å².